The van der Waals surface area contributed by atoms with E-state index in [4.69, 9.17) is 0 Å². The van der Waals surface area contributed by atoms with Crippen molar-refractivity contribution in [2.45, 2.75) is 6.92 Å². The molecule has 0 saturated carbocycles. The Morgan fingerprint density at radius 1 is 1.40 bits per heavy atom. The average molecular weight is 209 g/mol. The maximum Gasteiger partial charge on any atom is 0.346 e. The van der Waals surface area contributed by atoms with Gasteiger partial charge in [-0.2, -0.15) is 0 Å². The molecule has 15 heavy (non-hydrogen) atoms. The van der Waals surface area contributed by atoms with Crippen LogP contribution in [0.4, 0.5) is 5.69 Å². The number of non-ortho nitro benzene ring substituents is 1. The van der Waals surface area contributed by atoms with Crippen molar-refractivity contribution < 1.29 is 19.2 Å². The number of hydrogen-bond acceptors (Lipinski definition) is 5. The molecule has 0 N–H and O–H groups in total. The number of carbonyl (C=O) groups is 2. The fourth-order valence-corrected chi connectivity index (χ4v) is 0.936. The molecular formula is C9H7NO5. The van der Waals surface area contributed by atoms with Crippen LogP contribution in [0.5, 0.6) is 0 Å². The summed E-state index contributed by atoms with van der Waals surface area (Å²) in [4.78, 5) is 31.4. The van der Waals surface area contributed by atoms with Crippen molar-refractivity contribution in [1.29, 1.82) is 0 Å². The van der Waals surface area contributed by atoms with Gasteiger partial charge in [-0.25, -0.2) is 4.79 Å². The fraction of sp³-hybridized carbons (Fsp3) is 0.111. The van der Waals surface area contributed by atoms with Gasteiger partial charge in [0.05, 0.1) is 10.5 Å². The van der Waals surface area contributed by atoms with Gasteiger partial charge in [0.1, 0.15) is 0 Å². The van der Waals surface area contributed by atoms with Gasteiger partial charge in [-0.1, -0.05) is 6.07 Å². The highest BCUT2D eigenvalue weighted by Crippen LogP contribution is 2.13. The molecule has 0 aliphatic rings. The molecule has 0 radical (unpaired) electrons. The number of nitro groups is 1. The van der Waals surface area contributed by atoms with Crippen molar-refractivity contribution in [3.8, 4) is 0 Å². The van der Waals surface area contributed by atoms with Crippen LogP contribution in [0, 0.1) is 10.1 Å². The zero-order chi connectivity index (χ0) is 11.4. The zero-order valence-electron chi connectivity index (χ0n) is 7.80. The van der Waals surface area contributed by atoms with E-state index in [9.17, 15) is 19.7 Å². The van der Waals surface area contributed by atoms with Crippen molar-refractivity contribution >= 4 is 17.6 Å². The third-order valence-electron chi connectivity index (χ3n) is 1.53. The lowest BCUT2D eigenvalue weighted by molar-refractivity contribution is -0.384. The summed E-state index contributed by atoms with van der Waals surface area (Å²) in [5.41, 5.74) is -0.257. The minimum atomic E-state index is -0.897. The Balaban J connectivity index is 2.95. The molecule has 0 bridgehead atoms. The predicted molar refractivity (Wildman–Crippen MR) is 49.2 cm³/mol. The summed E-state index contributed by atoms with van der Waals surface area (Å²) in [6.45, 7) is 1.08. The molecule has 0 heterocycles. The molecule has 0 atom stereocenters. The van der Waals surface area contributed by atoms with Gasteiger partial charge < -0.3 is 4.74 Å². The summed E-state index contributed by atoms with van der Waals surface area (Å²) < 4.78 is 4.27. The van der Waals surface area contributed by atoms with Crippen LogP contribution in [0.3, 0.4) is 0 Å². The highest BCUT2D eigenvalue weighted by Gasteiger charge is 2.13. The lowest BCUT2D eigenvalue weighted by Gasteiger charge is -1.99. The first kappa shape index (κ1) is 10.8. The molecule has 0 aromatic heterocycles. The number of ether oxygens (including phenoxy) is 1. The average Bonchev–Trinajstić information content (AvgIpc) is 2.17. The number of esters is 2. The van der Waals surface area contributed by atoms with Gasteiger partial charge >= 0.3 is 11.9 Å². The molecule has 0 saturated heterocycles. The highest BCUT2D eigenvalue weighted by molar-refractivity contribution is 5.96. The Morgan fingerprint density at radius 3 is 2.60 bits per heavy atom. The SMILES string of the molecule is CC(=O)OC(=O)c1cccc([N+](=O)[O-])c1. The Hall–Kier alpha value is -2.24. The fourth-order valence-electron chi connectivity index (χ4n) is 0.936. The lowest BCUT2D eigenvalue weighted by Crippen LogP contribution is -2.09. The van der Waals surface area contributed by atoms with Crippen LogP contribution in [-0.4, -0.2) is 16.9 Å². The molecule has 0 unspecified atom stereocenters. The van der Waals surface area contributed by atoms with Crippen LogP contribution < -0.4 is 0 Å². The number of benzene rings is 1. The Bertz CT molecular complexity index is 426. The smallest absolute Gasteiger partial charge is 0.346 e. The number of nitro benzene ring substituents is 1. The summed E-state index contributed by atoms with van der Waals surface area (Å²) in [5.74, 6) is -1.65. The predicted octanol–water partition coefficient (Wildman–Crippen LogP) is 1.30. The summed E-state index contributed by atoms with van der Waals surface area (Å²) in [6.07, 6.45) is 0. The summed E-state index contributed by atoms with van der Waals surface area (Å²) >= 11 is 0. The second-order valence-electron chi connectivity index (χ2n) is 2.69. The first-order chi connectivity index (χ1) is 7.00. The van der Waals surface area contributed by atoms with Crippen LogP contribution in [0.15, 0.2) is 24.3 Å². The van der Waals surface area contributed by atoms with Crippen LogP contribution in [0.2, 0.25) is 0 Å². The van der Waals surface area contributed by atoms with Crippen LogP contribution >= 0.6 is 0 Å². The monoisotopic (exact) mass is 209 g/mol. The van der Waals surface area contributed by atoms with E-state index in [0.717, 1.165) is 13.0 Å². The van der Waals surface area contributed by atoms with Crippen molar-refractivity contribution in [3.63, 3.8) is 0 Å². The molecule has 0 aliphatic heterocycles. The van der Waals surface area contributed by atoms with Gasteiger partial charge in [-0.3, -0.25) is 14.9 Å². The van der Waals surface area contributed by atoms with Crippen molar-refractivity contribution in [2.24, 2.45) is 0 Å². The van der Waals surface area contributed by atoms with Crippen LogP contribution in [-0.2, 0) is 9.53 Å². The molecule has 1 rings (SSSR count). The van der Waals surface area contributed by atoms with Gasteiger partial charge in [-0.05, 0) is 6.07 Å². The molecule has 0 amide bonds. The van der Waals surface area contributed by atoms with Crippen molar-refractivity contribution in [3.05, 3.63) is 39.9 Å². The van der Waals surface area contributed by atoms with Gasteiger partial charge in [0.15, 0.2) is 0 Å². The molecule has 0 fully saturated rings. The Kier molecular flexibility index (Phi) is 3.12. The molecule has 1 aromatic carbocycles. The third-order valence-corrected chi connectivity index (χ3v) is 1.53. The van der Waals surface area contributed by atoms with E-state index in [-0.39, 0.29) is 11.3 Å². The first-order valence-electron chi connectivity index (χ1n) is 3.98. The minimum Gasteiger partial charge on any atom is -0.390 e. The van der Waals surface area contributed by atoms with E-state index in [1.807, 2.05) is 0 Å². The molecule has 6 nitrogen and oxygen atoms in total. The van der Waals surface area contributed by atoms with Gasteiger partial charge in [0.25, 0.3) is 5.69 Å². The quantitative estimate of drug-likeness (QED) is 0.317. The maximum atomic E-state index is 11.2. The van der Waals surface area contributed by atoms with Crippen molar-refractivity contribution in [1.82, 2.24) is 0 Å². The molecule has 78 valence electrons. The first-order valence-corrected chi connectivity index (χ1v) is 3.98. The number of nitrogens with zero attached hydrogens (tertiary/aromatic N) is 1. The minimum absolute atomic E-state index is 0.0283. The molecule has 6 heteroatoms. The molecule has 1 aromatic rings. The van der Waals surface area contributed by atoms with Gasteiger partial charge in [0.2, 0.25) is 0 Å². The molecule has 0 spiro atoms. The van der Waals surface area contributed by atoms with E-state index < -0.39 is 16.9 Å². The van der Waals surface area contributed by atoms with Crippen LogP contribution in [0.1, 0.15) is 17.3 Å². The number of carbonyl (C=O) groups excluding carboxylic acids is 2. The van der Waals surface area contributed by atoms with Crippen molar-refractivity contribution in [2.75, 3.05) is 0 Å². The molecular weight excluding hydrogens is 202 g/mol. The Labute approximate surface area is 84.6 Å². The second kappa shape index (κ2) is 4.32. The summed E-state index contributed by atoms with van der Waals surface area (Å²) in [5, 5.41) is 10.4. The van der Waals surface area contributed by atoms with Gasteiger partial charge in [-0.15, -0.1) is 0 Å². The van der Waals surface area contributed by atoms with E-state index in [0.29, 0.717) is 0 Å². The summed E-state index contributed by atoms with van der Waals surface area (Å²) in [6, 6.07) is 4.96. The summed E-state index contributed by atoms with van der Waals surface area (Å²) in [7, 11) is 0. The zero-order valence-corrected chi connectivity index (χ0v) is 7.80. The largest absolute Gasteiger partial charge is 0.390 e. The van der Waals surface area contributed by atoms with E-state index in [1.54, 1.807) is 0 Å². The third kappa shape index (κ3) is 2.87. The number of hydrogen-bond donors (Lipinski definition) is 0. The van der Waals surface area contributed by atoms with E-state index in [2.05, 4.69) is 4.74 Å². The Morgan fingerprint density at radius 2 is 2.07 bits per heavy atom. The van der Waals surface area contributed by atoms with E-state index >= 15 is 0 Å². The molecule has 0 aliphatic carbocycles. The van der Waals surface area contributed by atoms with Gasteiger partial charge in [0, 0.05) is 19.1 Å². The highest BCUT2D eigenvalue weighted by atomic mass is 16.6. The second-order valence-corrected chi connectivity index (χ2v) is 2.69. The number of rotatable bonds is 2. The maximum absolute atomic E-state index is 11.2. The topological polar surface area (TPSA) is 86.5 Å². The van der Waals surface area contributed by atoms with E-state index in [1.165, 1.54) is 18.2 Å². The normalized spacial score (nSPS) is 9.40. The lowest BCUT2D eigenvalue weighted by atomic mass is 10.2. The standard InChI is InChI=1S/C9H7NO5/c1-6(11)15-9(12)7-3-2-4-8(5-7)10(13)14/h2-5H,1H3. The van der Waals surface area contributed by atoms with Crippen LogP contribution in [0.25, 0.3) is 0 Å².